The molecule has 5 rings (SSSR count). The Bertz CT molecular complexity index is 1950. The Morgan fingerprint density at radius 2 is 1.91 bits per heavy atom. The molecule has 0 N–H and O–H groups in total. The molecule has 0 bridgehead atoms. The number of esters is 1. The molecule has 0 saturated heterocycles. The summed E-state index contributed by atoms with van der Waals surface area (Å²) in [6, 6.07) is 16.1. The van der Waals surface area contributed by atoms with Crippen LogP contribution in [0.4, 0.5) is 0 Å². The highest BCUT2D eigenvalue weighted by Gasteiger charge is 2.33. The molecule has 1 atom stereocenters. The Morgan fingerprint density at radius 1 is 1.16 bits per heavy atom. The zero-order chi connectivity index (χ0) is 31.5. The van der Waals surface area contributed by atoms with Crippen molar-refractivity contribution < 1.29 is 19.0 Å². The molecule has 0 radical (unpaired) electrons. The highest BCUT2D eigenvalue weighted by molar-refractivity contribution is 14.1. The SMILES string of the molecule is CCOC(=O)C1=C(C)N=c2s/c(=C\c3cc(I)c(OCc4ccc(Cl)cc4Cl)c(OC)c3)c(=O)n2[C@@H]1c1ccc(SC)cc1. The molecule has 12 heteroatoms. The second-order valence-electron chi connectivity index (χ2n) is 9.63. The van der Waals surface area contributed by atoms with Gasteiger partial charge in [-0.05, 0) is 96.3 Å². The largest absolute Gasteiger partial charge is 0.493 e. The van der Waals surface area contributed by atoms with Crippen molar-refractivity contribution in [1.82, 2.24) is 4.57 Å². The van der Waals surface area contributed by atoms with Gasteiger partial charge in [-0.1, -0.05) is 52.7 Å². The normalized spacial score (nSPS) is 14.7. The van der Waals surface area contributed by atoms with Crippen LogP contribution in [0, 0.1) is 3.57 Å². The maximum absolute atomic E-state index is 14.0. The molecule has 2 heterocycles. The Kier molecular flexibility index (Phi) is 10.5. The second-order valence-corrected chi connectivity index (χ2v) is 13.5. The first-order chi connectivity index (χ1) is 21.1. The summed E-state index contributed by atoms with van der Waals surface area (Å²) in [5.74, 6) is 0.575. The van der Waals surface area contributed by atoms with Crippen LogP contribution in [-0.4, -0.2) is 30.5 Å². The lowest BCUT2D eigenvalue weighted by Gasteiger charge is -2.24. The first-order valence-corrected chi connectivity index (χ1v) is 17.3. The van der Waals surface area contributed by atoms with E-state index in [1.807, 2.05) is 48.7 Å². The van der Waals surface area contributed by atoms with Crippen LogP contribution in [-0.2, 0) is 16.1 Å². The number of carbonyl (C=O) groups excluding carboxylic acids is 1. The molecule has 0 saturated carbocycles. The molecule has 1 aliphatic heterocycles. The van der Waals surface area contributed by atoms with E-state index in [1.54, 1.807) is 55.5 Å². The average Bonchev–Trinajstić information content (AvgIpc) is 3.30. The number of fused-ring (bicyclic) bond motifs is 1. The molecule has 1 aromatic heterocycles. The van der Waals surface area contributed by atoms with E-state index in [9.17, 15) is 9.59 Å². The number of halogens is 3. The molecule has 0 spiro atoms. The summed E-state index contributed by atoms with van der Waals surface area (Å²) in [5, 5.41) is 1.06. The third-order valence-corrected chi connectivity index (χ3v) is 10.00. The van der Waals surface area contributed by atoms with Crippen molar-refractivity contribution in [2.24, 2.45) is 4.99 Å². The molecular weight excluding hydrogens is 754 g/mol. The summed E-state index contributed by atoms with van der Waals surface area (Å²) in [4.78, 5) is 33.4. The van der Waals surface area contributed by atoms with Gasteiger partial charge in [-0.2, -0.15) is 0 Å². The van der Waals surface area contributed by atoms with Crippen LogP contribution >= 0.6 is 68.9 Å². The van der Waals surface area contributed by atoms with Gasteiger partial charge in [0.1, 0.15) is 6.61 Å². The Hall–Kier alpha value is -2.77. The third kappa shape index (κ3) is 6.74. The maximum Gasteiger partial charge on any atom is 0.338 e. The number of allylic oxidation sites excluding steroid dienone is 1. The van der Waals surface area contributed by atoms with Crippen molar-refractivity contribution in [3.8, 4) is 11.5 Å². The molecule has 44 heavy (non-hydrogen) atoms. The van der Waals surface area contributed by atoms with Crippen LogP contribution < -0.4 is 24.4 Å². The van der Waals surface area contributed by atoms with Crippen molar-refractivity contribution >= 4 is 80.9 Å². The van der Waals surface area contributed by atoms with Crippen LogP contribution in [0.2, 0.25) is 10.0 Å². The smallest absolute Gasteiger partial charge is 0.338 e. The van der Waals surface area contributed by atoms with Gasteiger partial charge in [0.25, 0.3) is 5.56 Å². The van der Waals surface area contributed by atoms with E-state index >= 15 is 0 Å². The molecular formula is C32H27Cl2IN2O5S2. The van der Waals surface area contributed by atoms with Crippen molar-refractivity contribution in [2.75, 3.05) is 20.0 Å². The van der Waals surface area contributed by atoms with E-state index in [-0.39, 0.29) is 18.8 Å². The zero-order valence-electron chi connectivity index (χ0n) is 24.2. The number of carbonyl (C=O) groups is 1. The number of nitrogens with zero attached hydrogens (tertiary/aromatic N) is 2. The van der Waals surface area contributed by atoms with Gasteiger partial charge in [0.15, 0.2) is 16.3 Å². The lowest BCUT2D eigenvalue weighted by atomic mass is 9.96. The minimum atomic E-state index is -0.673. The monoisotopic (exact) mass is 780 g/mol. The lowest BCUT2D eigenvalue weighted by Crippen LogP contribution is -2.39. The fourth-order valence-electron chi connectivity index (χ4n) is 4.80. The molecule has 4 aromatic rings. The van der Waals surface area contributed by atoms with Crippen molar-refractivity contribution in [3.63, 3.8) is 0 Å². The summed E-state index contributed by atoms with van der Waals surface area (Å²) >= 11 is 17.4. The fraction of sp³-hybridized carbons (Fsp3) is 0.219. The van der Waals surface area contributed by atoms with Crippen LogP contribution in [0.5, 0.6) is 11.5 Å². The predicted molar refractivity (Wildman–Crippen MR) is 185 cm³/mol. The number of hydrogen-bond acceptors (Lipinski definition) is 8. The van der Waals surface area contributed by atoms with E-state index in [1.165, 1.54) is 11.3 Å². The number of benzene rings is 3. The standard InChI is InChI=1S/C32H27Cl2IN2O5S2/c1-5-41-31(39)27-17(2)36-32-37(28(27)19-7-10-22(43-4)11-8-19)30(38)26(44-32)14-18-12-24(35)29(25(13-18)40-3)42-16-20-6-9-21(33)15-23(20)34/h6-15,28H,5,16H2,1-4H3/b26-14-/t28-/m1/s1. The minimum Gasteiger partial charge on any atom is -0.493 e. The zero-order valence-corrected chi connectivity index (χ0v) is 29.5. The first kappa shape index (κ1) is 32.6. The minimum absolute atomic E-state index is 0.213. The number of methoxy groups -OCH3 is 1. The van der Waals surface area contributed by atoms with Gasteiger partial charge < -0.3 is 14.2 Å². The van der Waals surface area contributed by atoms with E-state index in [4.69, 9.17) is 37.4 Å². The average molecular weight is 782 g/mol. The molecule has 3 aromatic carbocycles. The Morgan fingerprint density at radius 3 is 2.57 bits per heavy atom. The van der Waals surface area contributed by atoms with E-state index < -0.39 is 12.0 Å². The van der Waals surface area contributed by atoms with Crippen LogP contribution in [0.15, 0.2) is 80.5 Å². The van der Waals surface area contributed by atoms with Crippen molar-refractivity contribution in [3.05, 3.63) is 116 Å². The van der Waals surface area contributed by atoms with Gasteiger partial charge in [0.2, 0.25) is 0 Å². The molecule has 228 valence electrons. The van der Waals surface area contributed by atoms with Crippen LogP contribution in [0.1, 0.15) is 36.6 Å². The van der Waals surface area contributed by atoms with E-state index in [0.29, 0.717) is 42.1 Å². The number of thiazole rings is 1. The number of hydrogen-bond donors (Lipinski definition) is 0. The van der Waals surface area contributed by atoms with Gasteiger partial charge in [-0.25, -0.2) is 9.79 Å². The topological polar surface area (TPSA) is 79.1 Å². The number of ether oxygens (including phenoxy) is 3. The third-order valence-electron chi connectivity index (χ3n) is 6.89. The van der Waals surface area contributed by atoms with Crippen LogP contribution in [0.3, 0.4) is 0 Å². The molecule has 1 aliphatic rings. The van der Waals surface area contributed by atoms with Gasteiger partial charge in [0.05, 0.1) is 39.1 Å². The quantitative estimate of drug-likeness (QED) is 0.103. The molecule has 0 unspecified atom stereocenters. The summed E-state index contributed by atoms with van der Waals surface area (Å²) in [7, 11) is 1.56. The summed E-state index contributed by atoms with van der Waals surface area (Å²) in [6.45, 7) is 3.96. The summed E-state index contributed by atoms with van der Waals surface area (Å²) < 4.78 is 20.0. The molecule has 0 fully saturated rings. The van der Waals surface area contributed by atoms with E-state index in [2.05, 4.69) is 27.6 Å². The Balaban J connectivity index is 1.56. The van der Waals surface area contributed by atoms with Gasteiger partial charge in [0, 0.05) is 20.5 Å². The molecule has 0 amide bonds. The lowest BCUT2D eigenvalue weighted by molar-refractivity contribution is -0.139. The van der Waals surface area contributed by atoms with Crippen molar-refractivity contribution in [1.29, 1.82) is 0 Å². The molecule has 0 aliphatic carbocycles. The number of rotatable bonds is 9. The van der Waals surface area contributed by atoms with E-state index in [0.717, 1.165) is 25.2 Å². The maximum atomic E-state index is 14.0. The first-order valence-electron chi connectivity index (χ1n) is 13.4. The van der Waals surface area contributed by atoms with Gasteiger partial charge >= 0.3 is 5.97 Å². The van der Waals surface area contributed by atoms with Gasteiger partial charge in [-0.15, -0.1) is 11.8 Å². The van der Waals surface area contributed by atoms with Crippen LogP contribution in [0.25, 0.3) is 6.08 Å². The summed E-state index contributed by atoms with van der Waals surface area (Å²) in [5.41, 5.74) is 2.94. The Labute approximate surface area is 286 Å². The highest BCUT2D eigenvalue weighted by atomic mass is 127. The summed E-state index contributed by atoms with van der Waals surface area (Å²) in [6.07, 6.45) is 3.79. The second kappa shape index (κ2) is 14.1. The fourth-order valence-corrected chi connectivity index (χ4v) is 7.50. The number of thioether (sulfide) groups is 1. The highest BCUT2D eigenvalue weighted by Crippen LogP contribution is 2.36. The molecule has 7 nitrogen and oxygen atoms in total. The van der Waals surface area contributed by atoms with Gasteiger partial charge in [-0.3, -0.25) is 9.36 Å². The number of aromatic nitrogens is 1. The van der Waals surface area contributed by atoms with Crippen molar-refractivity contribution in [2.45, 2.75) is 31.4 Å². The predicted octanol–water partition coefficient (Wildman–Crippen LogP) is 7.02.